The fraction of sp³-hybridized carbons (Fsp3) is 0.579. The number of non-ortho nitro benzene ring substituents is 1. The third kappa shape index (κ3) is 2.80. The molecule has 23 heavy (non-hydrogen) atoms. The van der Waals surface area contributed by atoms with E-state index in [-0.39, 0.29) is 10.6 Å². The molecule has 1 aromatic carbocycles. The van der Waals surface area contributed by atoms with Crippen LogP contribution in [0.3, 0.4) is 0 Å². The Morgan fingerprint density at radius 3 is 2.35 bits per heavy atom. The van der Waals surface area contributed by atoms with E-state index in [2.05, 4.69) is 11.0 Å². The Morgan fingerprint density at radius 1 is 0.957 bits per heavy atom. The second kappa shape index (κ2) is 6.08. The second-order valence-corrected chi connectivity index (χ2v) is 7.24. The summed E-state index contributed by atoms with van der Waals surface area (Å²) in [7, 11) is 0. The zero-order chi connectivity index (χ0) is 15.8. The molecule has 0 N–H and O–H groups in total. The van der Waals surface area contributed by atoms with Crippen molar-refractivity contribution in [3.8, 4) is 0 Å². The quantitative estimate of drug-likeness (QED) is 0.607. The Bertz CT molecular complexity index is 617. The SMILES string of the molecule is O=[N+]([O-])c1ccc(C2=CC3CCC(C2)N3C2CCCCC2)cc1. The molecule has 2 fully saturated rings. The maximum atomic E-state index is 10.8. The van der Waals surface area contributed by atoms with Gasteiger partial charge in [-0.15, -0.1) is 0 Å². The monoisotopic (exact) mass is 312 g/mol. The molecule has 2 heterocycles. The Hall–Kier alpha value is -1.68. The number of rotatable bonds is 3. The molecule has 1 saturated carbocycles. The van der Waals surface area contributed by atoms with Crippen molar-refractivity contribution in [1.82, 2.24) is 4.90 Å². The number of nitro groups is 1. The molecule has 2 unspecified atom stereocenters. The minimum absolute atomic E-state index is 0.178. The highest BCUT2D eigenvalue weighted by atomic mass is 16.6. The fourth-order valence-corrected chi connectivity index (χ4v) is 4.82. The molecule has 3 aliphatic rings. The number of fused-ring (bicyclic) bond motifs is 2. The van der Waals surface area contributed by atoms with Gasteiger partial charge in [0.15, 0.2) is 0 Å². The molecule has 4 heteroatoms. The lowest BCUT2D eigenvalue weighted by Gasteiger charge is -2.41. The van der Waals surface area contributed by atoms with Gasteiger partial charge in [-0.3, -0.25) is 15.0 Å². The summed E-state index contributed by atoms with van der Waals surface area (Å²) in [6.07, 6.45) is 13.0. The van der Waals surface area contributed by atoms with Gasteiger partial charge in [0.05, 0.1) is 4.92 Å². The van der Waals surface area contributed by atoms with Gasteiger partial charge >= 0.3 is 0 Å². The van der Waals surface area contributed by atoms with Crippen molar-refractivity contribution in [2.75, 3.05) is 0 Å². The van der Waals surface area contributed by atoms with E-state index in [1.807, 2.05) is 12.1 Å². The first-order chi connectivity index (χ1) is 11.2. The molecule has 2 bridgehead atoms. The maximum absolute atomic E-state index is 10.8. The van der Waals surface area contributed by atoms with Gasteiger partial charge in [0.25, 0.3) is 5.69 Å². The van der Waals surface area contributed by atoms with E-state index < -0.39 is 0 Å². The molecule has 4 rings (SSSR count). The molecule has 0 radical (unpaired) electrons. The normalized spacial score (nSPS) is 28.6. The summed E-state index contributed by atoms with van der Waals surface area (Å²) in [6.45, 7) is 0. The van der Waals surface area contributed by atoms with Gasteiger partial charge in [-0.2, -0.15) is 0 Å². The third-order valence-electron chi connectivity index (χ3n) is 5.89. The summed E-state index contributed by atoms with van der Waals surface area (Å²) >= 11 is 0. The molecule has 122 valence electrons. The van der Waals surface area contributed by atoms with Crippen molar-refractivity contribution in [2.24, 2.45) is 0 Å². The van der Waals surface area contributed by atoms with Crippen LogP contribution in [0.5, 0.6) is 0 Å². The molecule has 0 amide bonds. The molecule has 0 aromatic heterocycles. The standard InChI is InChI=1S/C19H24N2O2/c22-21(23)17-8-6-14(7-9-17)15-12-18-10-11-19(13-15)20(18)16-4-2-1-3-5-16/h6-9,12,16,18-19H,1-5,10-11,13H2. The van der Waals surface area contributed by atoms with Gasteiger partial charge < -0.3 is 0 Å². The Morgan fingerprint density at radius 2 is 1.70 bits per heavy atom. The lowest BCUT2D eigenvalue weighted by molar-refractivity contribution is -0.384. The van der Waals surface area contributed by atoms with Gasteiger partial charge in [0, 0.05) is 30.3 Å². The Balaban J connectivity index is 1.55. The van der Waals surface area contributed by atoms with Crippen molar-refractivity contribution < 1.29 is 4.92 Å². The molecule has 2 atom stereocenters. The zero-order valence-electron chi connectivity index (χ0n) is 13.5. The summed E-state index contributed by atoms with van der Waals surface area (Å²) in [5.41, 5.74) is 2.73. The minimum atomic E-state index is -0.326. The Kier molecular flexibility index (Phi) is 3.93. The van der Waals surface area contributed by atoms with E-state index in [0.717, 1.165) is 18.0 Å². The van der Waals surface area contributed by atoms with Gasteiger partial charge in [0.2, 0.25) is 0 Å². The summed E-state index contributed by atoms with van der Waals surface area (Å²) < 4.78 is 0. The van der Waals surface area contributed by atoms with Crippen LogP contribution in [0.15, 0.2) is 30.3 Å². The number of hydrogen-bond donors (Lipinski definition) is 0. The Labute approximate surface area is 137 Å². The highest BCUT2D eigenvalue weighted by Crippen LogP contribution is 2.42. The van der Waals surface area contributed by atoms with Crippen LogP contribution in [-0.4, -0.2) is 27.9 Å². The molecule has 1 saturated heterocycles. The molecule has 1 aromatic rings. The largest absolute Gasteiger partial charge is 0.291 e. The van der Waals surface area contributed by atoms with Crippen molar-refractivity contribution in [3.05, 3.63) is 46.0 Å². The number of nitro benzene ring substituents is 1. The summed E-state index contributed by atoms with van der Waals surface area (Å²) in [4.78, 5) is 13.3. The average molecular weight is 312 g/mol. The first-order valence-electron chi connectivity index (χ1n) is 8.95. The van der Waals surface area contributed by atoms with Crippen LogP contribution in [0.4, 0.5) is 5.69 Å². The lowest BCUT2D eigenvalue weighted by atomic mass is 9.89. The van der Waals surface area contributed by atoms with E-state index in [0.29, 0.717) is 12.1 Å². The van der Waals surface area contributed by atoms with Gasteiger partial charge in [0.1, 0.15) is 0 Å². The number of hydrogen-bond acceptors (Lipinski definition) is 3. The summed E-state index contributed by atoms with van der Waals surface area (Å²) in [5, 5.41) is 10.8. The maximum Gasteiger partial charge on any atom is 0.269 e. The highest BCUT2D eigenvalue weighted by molar-refractivity contribution is 5.69. The fourth-order valence-electron chi connectivity index (χ4n) is 4.82. The van der Waals surface area contributed by atoms with Crippen LogP contribution in [0, 0.1) is 10.1 Å². The topological polar surface area (TPSA) is 46.4 Å². The number of benzene rings is 1. The van der Waals surface area contributed by atoms with Crippen LogP contribution < -0.4 is 0 Å². The number of nitrogens with zero attached hydrogens (tertiary/aromatic N) is 2. The minimum Gasteiger partial charge on any atom is -0.291 e. The van der Waals surface area contributed by atoms with E-state index in [4.69, 9.17) is 0 Å². The smallest absolute Gasteiger partial charge is 0.269 e. The third-order valence-corrected chi connectivity index (χ3v) is 5.89. The van der Waals surface area contributed by atoms with Gasteiger partial charge in [-0.05, 0) is 55.4 Å². The van der Waals surface area contributed by atoms with Crippen LogP contribution in [0.25, 0.3) is 5.57 Å². The highest BCUT2D eigenvalue weighted by Gasteiger charge is 2.40. The van der Waals surface area contributed by atoms with Gasteiger partial charge in [-0.25, -0.2) is 0 Å². The van der Waals surface area contributed by atoms with Crippen molar-refractivity contribution >= 4 is 11.3 Å². The molecule has 4 nitrogen and oxygen atoms in total. The van der Waals surface area contributed by atoms with Crippen molar-refractivity contribution in [1.29, 1.82) is 0 Å². The predicted molar refractivity (Wildman–Crippen MR) is 91.2 cm³/mol. The van der Waals surface area contributed by atoms with Crippen molar-refractivity contribution in [2.45, 2.75) is 69.5 Å². The van der Waals surface area contributed by atoms with Crippen molar-refractivity contribution in [3.63, 3.8) is 0 Å². The van der Waals surface area contributed by atoms with E-state index in [9.17, 15) is 10.1 Å². The van der Waals surface area contributed by atoms with Crippen LogP contribution in [-0.2, 0) is 0 Å². The zero-order valence-corrected chi connectivity index (χ0v) is 13.5. The second-order valence-electron chi connectivity index (χ2n) is 7.24. The molecular weight excluding hydrogens is 288 g/mol. The summed E-state index contributed by atoms with van der Waals surface area (Å²) in [6, 6.07) is 9.15. The lowest BCUT2D eigenvalue weighted by Crippen LogP contribution is -2.46. The van der Waals surface area contributed by atoms with E-state index >= 15 is 0 Å². The van der Waals surface area contributed by atoms with E-state index in [1.165, 1.54) is 50.5 Å². The van der Waals surface area contributed by atoms with E-state index in [1.54, 1.807) is 12.1 Å². The molecule has 0 spiro atoms. The molecule has 2 aliphatic heterocycles. The summed E-state index contributed by atoms with van der Waals surface area (Å²) in [5.74, 6) is 0. The first-order valence-corrected chi connectivity index (χ1v) is 8.95. The van der Waals surface area contributed by atoms with Crippen LogP contribution in [0.1, 0.15) is 56.9 Å². The average Bonchev–Trinajstić information content (AvgIpc) is 2.85. The molecule has 1 aliphatic carbocycles. The van der Waals surface area contributed by atoms with Gasteiger partial charge in [-0.1, -0.05) is 25.3 Å². The molecular formula is C19H24N2O2. The first kappa shape index (κ1) is 14.9. The van der Waals surface area contributed by atoms with Crippen LogP contribution >= 0.6 is 0 Å². The van der Waals surface area contributed by atoms with Crippen LogP contribution in [0.2, 0.25) is 0 Å². The predicted octanol–water partition coefficient (Wildman–Crippen LogP) is 4.55.